The average Bonchev–Trinajstić information content (AvgIpc) is 2.78. The predicted molar refractivity (Wildman–Crippen MR) is 120 cm³/mol. The first-order valence-corrected chi connectivity index (χ1v) is 10.9. The van der Waals surface area contributed by atoms with Crippen molar-refractivity contribution in [2.24, 2.45) is 11.3 Å². The largest absolute Gasteiger partial charge is 0.469 e. The van der Waals surface area contributed by atoms with Crippen LogP contribution in [0.15, 0.2) is 24.3 Å². The number of aliphatic hydroxyl groups excluding tert-OH is 2. The maximum Gasteiger partial charge on any atom is 0.338 e. The molecule has 2 unspecified atom stereocenters. The molecule has 2 N–H and O–H groups in total. The van der Waals surface area contributed by atoms with Crippen molar-refractivity contribution in [3.63, 3.8) is 0 Å². The maximum atomic E-state index is 12.2. The molecular weight excluding hydrogens is 448 g/mol. The molecule has 0 amide bonds. The predicted octanol–water partition coefficient (Wildman–Crippen LogP) is 1.90. The molecule has 0 bridgehead atoms. The summed E-state index contributed by atoms with van der Waals surface area (Å²) in [6, 6.07) is 5.50. The van der Waals surface area contributed by atoms with Gasteiger partial charge in [-0.3, -0.25) is 9.59 Å². The fourth-order valence-electron chi connectivity index (χ4n) is 2.79. The Hall–Kier alpha value is -2.98. The molecule has 0 saturated carbocycles. The number of hydrogen-bond donors (Lipinski definition) is 2. The van der Waals surface area contributed by atoms with Crippen molar-refractivity contribution in [1.82, 2.24) is 0 Å². The van der Waals surface area contributed by atoms with Gasteiger partial charge < -0.3 is 29.2 Å². The second-order valence-electron chi connectivity index (χ2n) is 8.95. The van der Waals surface area contributed by atoms with Crippen molar-refractivity contribution in [2.75, 3.05) is 26.9 Å². The van der Waals surface area contributed by atoms with Crippen LogP contribution in [0.5, 0.6) is 0 Å². The van der Waals surface area contributed by atoms with Gasteiger partial charge in [0, 0.05) is 0 Å². The summed E-state index contributed by atoms with van der Waals surface area (Å²) in [4.78, 5) is 47.7. The number of hydrogen-bond acceptors (Lipinski definition) is 10. The molecule has 0 aromatic heterocycles. The van der Waals surface area contributed by atoms with E-state index in [2.05, 4.69) is 4.74 Å². The van der Waals surface area contributed by atoms with Crippen LogP contribution in [0.25, 0.3) is 0 Å². The Bertz CT molecular complexity index is 829. The Morgan fingerprint density at radius 3 is 1.71 bits per heavy atom. The van der Waals surface area contributed by atoms with E-state index in [1.807, 2.05) is 13.8 Å². The van der Waals surface area contributed by atoms with Crippen molar-refractivity contribution in [3.05, 3.63) is 35.4 Å². The number of ether oxygens (including phenoxy) is 4. The first-order chi connectivity index (χ1) is 15.9. The molecule has 0 spiro atoms. The topological polar surface area (TPSA) is 146 Å². The fourth-order valence-corrected chi connectivity index (χ4v) is 2.79. The van der Waals surface area contributed by atoms with Crippen molar-refractivity contribution in [2.45, 2.75) is 52.7 Å². The van der Waals surface area contributed by atoms with Crippen LogP contribution < -0.4 is 0 Å². The third kappa shape index (κ3) is 10.3. The highest BCUT2D eigenvalue weighted by atomic mass is 16.6. The summed E-state index contributed by atoms with van der Waals surface area (Å²) < 4.78 is 19.6. The zero-order chi connectivity index (χ0) is 25.9. The minimum atomic E-state index is -1.27. The van der Waals surface area contributed by atoms with Crippen LogP contribution in [0.2, 0.25) is 0 Å². The molecule has 10 nitrogen and oxygen atoms in total. The summed E-state index contributed by atoms with van der Waals surface area (Å²) in [6.07, 6.45) is -1.69. The number of benzene rings is 1. The Kier molecular flexibility index (Phi) is 11.7. The second-order valence-corrected chi connectivity index (χ2v) is 8.95. The first kappa shape index (κ1) is 29.1. The average molecular weight is 483 g/mol. The SMILES string of the molecule is COC(=O)CC(C)(C)C(=O)OCC(O)COC(=O)c1ccc(C(=O)OCC(O)CC(C)C)cc1. The van der Waals surface area contributed by atoms with Gasteiger partial charge in [-0.15, -0.1) is 0 Å². The minimum absolute atomic E-state index is 0.122. The number of esters is 4. The Morgan fingerprint density at radius 2 is 1.26 bits per heavy atom. The third-order valence-electron chi connectivity index (χ3n) is 4.69. The van der Waals surface area contributed by atoms with Crippen molar-refractivity contribution in [1.29, 1.82) is 0 Å². The van der Waals surface area contributed by atoms with Gasteiger partial charge in [0.05, 0.1) is 36.2 Å². The van der Waals surface area contributed by atoms with Gasteiger partial charge in [0.2, 0.25) is 0 Å². The summed E-state index contributed by atoms with van der Waals surface area (Å²) in [5.41, 5.74) is -0.798. The van der Waals surface area contributed by atoms with E-state index in [1.54, 1.807) is 0 Å². The van der Waals surface area contributed by atoms with Gasteiger partial charge in [0.15, 0.2) is 0 Å². The van der Waals surface area contributed by atoms with Gasteiger partial charge in [-0.05, 0) is 50.5 Å². The van der Waals surface area contributed by atoms with E-state index in [0.717, 1.165) is 0 Å². The number of methoxy groups -OCH3 is 1. The van der Waals surface area contributed by atoms with Crippen LogP contribution >= 0.6 is 0 Å². The Balaban J connectivity index is 2.46. The molecule has 0 saturated heterocycles. The van der Waals surface area contributed by atoms with E-state index in [1.165, 1.54) is 45.2 Å². The van der Waals surface area contributed by atoms with Crippen LogP contribution in [0.4, 0.5) is 0 Å². The molecule has 0 aliphatic carbocycles. The second kappa shape index (κ2) is 13.7. The van der Waals surface area contributed by atoms with Crippen LogP contribution in [0.1, 0.15) is 61.3 Å². The van der Waals surface area contributed by atoms with Crippen LogP contribution in [0, 0.1) is 11.3 Å². The maximum absolute atomic E-state index is 12.2. The molecular formula is C24H34O10. The normalized spacial score (nSPS) is 13.1. The van der Waals surface area contributed by atoms with Gasteiger partial charge in [-0.25, -0.2) is 9.59 Å². The van der Waals surface area contributed by atoms with Gasteiger partial charge in [0.1, 0.15) is 25.9 Å². The van der Waals surface area contributed by atoms with E-state index >= 15 is 0 Å². The lowest BCUT2D eigenvalue weighted by atomic mass is 9.89. The smallest absolute Gasteiger partial charge is 0.338 e. The molecule has 2 atom stereocenters. The first-order valence-electron chi connectivity index (χ1n) is 10.9. The summed E-state index contributed by atoms with van der Waals surface area (Å²) in [6.45, 7) is 5.93. The number of aliphatic hydroxyl groups is 2. The van der Waals surface area contributed by atoms with Crippen molar-refractivity contribution >= 4 is 23.9 Å². The monoisotopic (exact) mass is 482 g/mol. The molecule has 1 rings (SSSR count). The van der Waals surface area contributed by atoms with E-state index in [-0.39, 0.29) is 30.1 Å². The fraction of sp³-hybridized carbons (Fsp3) is 0.583. The Morgan fingerprint density at radius 1 is 0.824 bits per heavy atom. The number of rotatable bonds is 13. The molecule has 10 heteroatoms. The Labute approximate surface area is 199 Å². The van der Waals surface area contributed by atoms with Crippen molar-refractivity contribution < 1.29 is 48.3 Å². The quantitative estimate of drug-likeness (QED) is 0.316. The molecule has 1 aromatic carbocycles. The molecule has 0 radical (unpaired) electrons. The lowest BCUT2D eigenvalue weighted by Crippen LogP contribution is -2.33. The molecule has 0 fully saturated rings. The summed E-state index contributed by atoms with van der Waals surface area (Å²) in [5, 5.41) is 19.7. The number of carbonyl (C=O) groups excluding carboxylic acids is 4. The highest BCUT2D eigenvalue weighted by Crippen LogP contribution is 2.23. The molecule has 190 valence electrons. The molecule has 0 heterocycles. The summed E-state index contributed by atoms with van der Waals surface area (Å²) in [7, 11) is 1.21. The third-order valence-corrected chi connectivity index (χ3v) is 4.69. The van der Waals surface area contributed by atoms with Crippen molar-refractivity contribution in [3.8, 4) is 0 Å². The molecule has 0 aliphatic rings. The van der Waals surface area contributed by atoms with Crippen LogP contribution in [-0.4, -0.2) is 73.2 Å². The zero-order valence-electron chi connectivity index (χ0n) is 20.2. The number of carbonyl (C=O) groups is 4. The molecule has 0 aliphatic heterocycles. The standard InChI is InChI=1S/C24H34O10/c1-15(2)10-18(25)12-32-21(28)16-6-8-17(9-7-16)22(29)33-13-19(26)14-34-23(30)24(3,4)11-20(27)31-5/h6-9,15,18-19,25-26H,10-14H2,1-5H3. The van der Waals surface area contributed by atoms with Crippen LogP contribution in [-0.2, 0) is 28.5 Å². The van der Waals surface area contributed by atoms with E-state index < -0.39 is 54.7 Å². The lowest BCUT2D eigenvalue weighted by molar-refractivity contribution is -0.162. The van der Waals surface area contributed by atoms with Gasteiger partial charge in [-0.2, -0.15) is 0 Å². The van der Waals surface area contributed by atoms with E-state index in [0.29, 0.717) is 6.42 Å². The summed E-state index contributed by atoms with van der Waals surface area (Å²) >= 11 is 0. The summed E-state index contributed by atoms with van der Waals surface area (Å²) in [5.74, 6) is -2.39. The highest BCUT2D eigenvalue weighted by molar-refractivity contribution is 5.93. The van der Waals surface area contributed by atoms with Gasteiger partial charge in [0.25, 0.3) is 0 Å². The van der Waals surface area contributed by atoms with E-state index in [9.17, 15) is 29.4 Å². The minimum Gasteiger partial charge on any atom is -0.469 e. The van der Waals surface area contributed by atoms with E-state index in [4.69, 9.17) is 14.2 Å². The van der Waals surface area contributed by atoms with Gasteiger partial charge >= 0.3 is 23.9 Å². The molecule has 34 heavy (non-hydrogen) atoms. The van der Waals surface area contributed by atoms with Gasteiger partial charge in [-0.1, -0.05) is 13.8 Å². The highest BCUT2D eigenvalue weighted by Gasteiger charge is 2.33. The van der Waals surface area contributed by atoms with Crippen LogP contribution in [0.3, 0.4) is 0 Å². The molecule has 1 aromatic rings. The zero-order valence-corrected chi connectivity index (χ0v) is 20.2. The lowest BCUT2D eigenvalue weighted by Gasteiger charge is -2.22.